The summed E-state index contributed by atoms with van der Waals surface area (Å²) in [6, 6.07) is 6.54. The molecule has 0 spiro atoms. The number of carbonyl (C=O) groups is 2. The van der Waals surface area contributed by atoms with Gasteiger partial charge >= 0.3 is 11.7 Å². The molecule has 2 aromatic rings. The van der Waals surface area contributed by atoms with Gasteiger partial charge in [0.05, 0.1) is 7.11 Å². The van der Waals surface area contributed by atoms with E-state index >= 15 is 0 Å². The van der Waals surface area contributed by atoms with Gasteiger partial charge in [0.25, 0.3) is 5.56 Å². The number of anilines is 1. The number of Topliss-reactive ketones (excluding diaryl/α,β-unsaturated/α-hetero) is 1. The first-order valence-electron chi connectivity index (χ1n) is 9.20. The molecule has 1 aromatic carbocycles. The Morgan fingerprint density at radius 3 is 2.23 bits per heavy atom. The summed E-state index contributed by atoms with van der Waals surface area (Å²) in [7, 11) is 2.78. The lowest BCUT2D eigenvalue weighted by Gasteiger charge is -2.16. The minimum atomic E-state index is -0.840. The summed E-state index contributed by atoms with van der Waals surface area (Å²) >= 11 is 0. The number of nitrogens with two attached hydrogens (primary N) is 1. The van der Waals surface area contributed by atoms with Crippen LogP contribution in [0.2, 0.25) is 0 Å². The molecule has 0 aliphatic carbocycles. The lowest BCUT2D eigenvalue weighted by Crippen LogP contribution is -2.43. The van der Waals surface area contributed by atoms with E-state index in [1.165, 1.54) is 14.2 Å². The maximum Gasteiger partial charge on any atom is 0.344 e. The van der Waals surface area contributed by atoms with Crippen LogP contribution in [-0.2, 0) is 23.1 Å². The number of nitrogen functional groups attached to an aromatic ring is 1. The average molecular weight is 419 g/mol. The SMILES string of the molecule is COc1ccc(OCC(=O)OCC(=O)c2c(N)n(CC(C)C)c(=O)n(C)c2=O)cc1. The van der Waals surface area contributed by atoms with Gasteiger partial charge in [-0.25, -0.2) is 9.59 Å². The Labute approximate surface area is 172 Å². The average Bonchev–Trinajstić information content (AvgIpc) is 2.72. The van der Waals surface area contributed by atoms with Crippen LogP contribution in [-0.4, -0.2) is 41.2 Å². The molecule has 0 aliphatic heterocycles. The summed E-state index contributed by atoms with van der Waals surface area (Å²) in [5, 5.41) is 0. The Morgan fingerprint density at radius 2 is 1.67 bits per heavy atom. The molecule has 10 nitrogen and oxygen atoms in total. The highest BCUT2D eigenvalue weighted by Crippen LogP contribution is 2.17. The lowest BCUT2D eigenvalue weighted by molar-refractivity contribution is -0.144. The molecule has 0 fully saturated rings. The van der Waals surface area contributed by atoms with E-state index in [0.29, 0.717) is 11.5 Å². The van der Waals surface area contributed by atoms with Gasteiger partial charge < -0.3 is 19.9 Å². The fraction of sp³-hybridized carbons (Fsp3) is 0.400. The molecular formula is C20H25N3O7. The summed E-state index contributed by atoms with van der Waals surface area (Å²) in [5.74, 6) is -0.745. The summed E-state index contributed by atoms with van der Waals surface area (Å²) in [6.07, 6.45) is 0. The lowest BCUT2D eigenvalue weighted by atomic mass is 10.1. The van der Waals surface area contributed by atoms with Gasteiger partial charge in [-0.05, 0) is 30.2 Å². The van der Waals surface area contributed by atoms with Crippen LogP contribution in [0.25, 0.3) is 0 Å². The normalized spacial score (nSPS) is 10.7. The molecule has 30 heavy (non-hydrogen) atoms. The van der Waals surface area contributed by atoms with Gasteiger partial charge in [-0.3, -0.25) is 18.7 Å². The summed E-state index contributed by atoms with van der Waals surface area (Å²) in [5.41, 5.74) is 4.08. The first kappa shape index (κ1) is 22.7. The van der Waals surface area contributed by atoms with Crippen LogP contribution in [0.4, 0.5) is 5.82 Å². The predicted octanol–water partition coefficient (Wildman–Crippen LogP) is 0.599. The van der Waals surface area contributed by atoms with Crippen LogP contribution >= 0.6 is 0 Å². The second-order valence-electron chi connectivity index (χ2n) is 6.96. The second kappa shape index (κ2) is 9.77. The van der Waals surface area contributed by atoms with Gasteiger partial charge in [-0.15, -0.1) is 0 Å². The fourth-order valence-corrected chi connectivity index (χ4v) is 2.66. The molecule has 0 saturated heterocycles. The number of carbonyl (C=O) groups excluding carboxylic acids is 2. The van der Waals surface area contributed by atoms with Gasteiger partial charge in [0, 0.05) is 13.6 Å². The maximum absolute atomic E-state index is 12.5. The van der Waals surface area contributed by atoms with Crippen LogP contribution in [0.5, 0.6) is 11.5 Å². The molecule has 2 N–H and O–H groups in total. The zero-order valence-corrected chi connectivity index (χ0v) is 17.3. The Bertz CT molecular complexity index is 1040. The number of hydrogen-bond donors (Lipinski definition) is 1. The van der Waals surface area contributed by atoms with Crippen LogP contribution in [0.1, 0.15) is 24.2 Å². The molecule has 10 heteroatoms. The minimum absolute atomic E-state index is 0.0541. The number of hydrogen-bond acceptors (Lipinski definition) is 8. The highest BCUT2D eigenvalue weighted by molar-refractivity contribution is 6.01. The number of methoxy groups -OCH3 is 1. The fourth-order valence-electron chi connectivity index (χ4n) is 2.66. The second-order valence-corrected chi connectivity index (χ2v) is 6.96. The van der Waals surface area contributed by atoms with Crippen molar-refractivity contribution >= 4 is 17.6 Å². The molecule has 1 aromatic heterocycles. The molecular weight excluding hydrogens is 394 g/mol. The van der Waals surface area contributed by atoms with E-state index < -0.39 is 36.2 Å². The Morgan fingerprint density at radius 1 is 1.07 bits per heavy atom. The van der Waals surface area contributed by atoms with Gasteiger partial charge in [0.15, 0.2) is 13.2 Å². The number of esters is 1. The van der Waals surface area contributed by atoms with Gasteiger partial charge in [-0.2, -0.15) is 0 Å². The smallest absolute Gasteiger partial charge is 0.344 e. The van der Waals surface area contributed by atoms with E-state index in [0.717, 1.165) is 9.13 Å². The Kier molecular flexibility index (Phi) is 7.40. The predicted molar refractivity (Wildman–Crippen MR) is 109 cm³/mol. The highest BCUT2D eigenvalue weighted by atomic mass is 16.6. The van der Waals surface area contributed by atoms with Crippen LogP contribution in [0, 0.1) is 5.92 Å². The number of nitrogens with zero attached hydrogens (tertiary/aromatic N) is 2. The molecule has 0 unspecified atom stereocenters. The maximum atomic E-state index is 12.5. The zero-order chi connectivity index (χ0) is 22.4. The monoisotopic (exact) mass is 419 g/mol. The van der Waals surface area contributed by atoms with E-state index in [9.17, 15) is 19.2 Å². The topological polar surface area (TPSA) is 132 Å². The first-order valence-corrected chi connectivity index (χ1v) is 9.20. The zero-order valence-electron chi connectivity index (χ0n) is 17.3. The molecule has 0 bridgehead atoms. The summed E-state index contributed by atoms with van der Waals surface area (Å²) < 4.78 is 17.2. The van der Waals surface area contributed by atoms with E-state index in [4.69, 9.17) is 19.9 Å². The Balaban J connectivity index is 2.06. The van der Waals surface area contributed by atoms with Gasteiger partial charge in [0.2, 0.25) is 5.78 Å². The van der Waals surface area contributed by atoms with Gasteiger partial charge in [-0.1, -0.05) is 13.8 Å². The van der Waals surface area contributed by atoms with E-state index in [-0.39, 0.29) is 23.8 Å². The van der Waals surface area contributed by atoms with Crippen LogP contribution in [0.15, 0.2) is 33.9 Å². The number of rotatable bonds is 9. The van der Waals surface area contributed by atoms with Crippen LogP contribution in [0.3, 0.4) is 0 Å². The van der Waals surface area contributed by atoms with Crippen LogP contribution < -0.4 is 26.5 Å². The summed E-state index contributed by atoms with van der Waals surface area (Å²) in [4.78, 5) is 49.0. The van der Waals surface area contributed by atoms with Gasteiger partial charge in [0.1, 0.15) is 22.9 Å². The standard InChI is InChI=1S/C20H25N3O7/c1-12(2)9-23-18(21)17(19(26)22(3)20(23)27)15(24)10-30-16(25)11-29-14-7-5-13(28-4)6-8-14/h5-8,12H,9-11,21H2,1-4H3. The van der Waals surface area contributed by atoms with E-state index in [2.05, 4.69) is 0 Å². The molecule has 162 valence electrons. The highest BCUT2D eigenvalue weighted by Gasteiger charge is 2.23. The molecule has 0 atom stereocenters. The van der Waals surface area contributed by atoms with Crippen molar-refractivity contribution in [2.75, 3.05) is 26.1 Å². The van der Waals surface area contributed by atoms with Crippen molar-refractivity contribution in [1.29, 1.82) is 0 Å². The molecule has 0 aliphatic rings. The third-order valence-electron chi connectivity index (χ3n) is 4.19. The van der Waals surface area contributed by atoms with Crippen molar-refractivity contribution in [2.24, 2.45) is 13.0 Å². The molecule has 1 heterocycles. The number of ketones is 1. The summed E-state index contributed by atoms with van der Waals surface area (Å²) in [6.45, 7) is 2.82. The Hall–Kier alpha value is -3.56. The number of benzene rings is 1. The molecule has 0 amide bonds. The minimum Gasteiger partial charge on any atom is -0.497 e. The van der Waals surface area contributed by atoms with E-state index in [1.54, 1.807) is 24.3 Å². The van der Waals surface area contributed by atoms with Crippen molar-refractivity contribution in [1.82, 2.24) is 9.13 Å². The largest absolute Gasteiger partial charge is 0.497 e. The third kappa shape index (κ3) is 5.28. The molecule has 0 saturated carbocycles. The molecule has 2 rings (SSSR count). The number of aromatic nitrogens is 2. The van der Waals surface area contributed by atoms with Crippen molar-refractivity contribution < 1.29 is 23.8 Å². The first-order chi connectivity index (χ1) is 14.1. The number of ether oxygens (including phenoxy) is 3. The third-order valence-corrected chi connectivity index (χ3v) is 4.19. The van der Waals surface area contributed by atoms with E-state index in [1.807, 2.05) is 13.8 Å². The van der Waals surface area contributed by atoms with Crippen molar-refractivity contribution in [3.63, 3.8) is 0 Å². The van der Waals surface area contributed by atoms with Crippen molar-refractivity contribution in [2.45, 2.75) is 20.4 Å². The van der Waals surface area contributed by atoms with Crippen molar-refractivity contribution in [3.05, 3.63) is 50.7 Å². The molecule has 0 radical (unpaired) electrons. The quantitative estimate of drug-likeness (QED) is 0.462. The van der Waals surface area contributed by atoms with Crippen molar-refractivity contribution in [3.8, 4) is 11.5 Å².